The molecule has 0 aliphatic rings. The lowest BCUT2D eigenvalue weighted by molar-refractivity contribution is -0.138. The summed E-state index contributed by atoms with van der Waals surface area (Å²) in [5.41, 5.74) is 4.05. The quantitative estimate of drug-likeness (QED) is 0.626. The molecule has 0 bridgehead atoms. The van der Waals surface area contributed by atoms with Crippen LogP contribution in [0.4, 0.5) is 18.0 Å². The van der Waals surface area contributed by atoms with Gasteiger partial charge in [-0.2, -0.15) is 13.2 Å². The third-order valence-electron chi connectivity index (χ3n) is 3.42. The molecule has 0 saturated heterocycles. The molecule has 2 amide bonds. The maximum atomic E-state index is 13.2. The SMILES string of the molecule is NC(=O)OC[C@H](Cc1ccccc1C(F)(F)F)NC(=O)c1cc(Br)c(Cl)s1. The minimum Gasteiger partial charge on any atom is -0.448 e. The Morgan fingerprint density at radius 3 is 2.56 bits per heavy atom. The summed E-state index contributed by atoms with van der Waals surface area (Å²) >= 11 is 10.1. The smallest absolute Gasteiger partial charge is 0.416 e. The molecule has 0 fully saturated rings. The number of thiophene rings is 1. The number of hydrogen-bond acceptors (Lipinski definition) is 4. The Hall–Kier alpha value is -1.78. The van der Waals surface area contributed by atoms with Crippen LogP contribution in [0.2, 0.25) is 4.34 Å². The zero-order valence-corrected chi connectivity index (χ0v) is 16.6. The third kappa shape index (κ3) is 6.12. The topological polar surface area (TPSA) is 81.4 Å². The summed E-state index contributed by atoms with van der Waals surface area (Å²) < 4.78 is 45.1. The van der Waals surface area contributed by atoms with E-state index in [2.05, 4.69) is 26.0 Å². The fourth-order valence-corrected chi connectivity index (χ4v) is 3.89. The highest BCUT2D eigenvalue weighted by Crippen LogP contribution is 2.33. The highest BCUT2D eigenvalue weighted by molar-refractivity contribution is 9.10. The van der Waals surface area contributed by atoms with Crippen LogP contribution in [-0.4, -0.2) is 24.6 Å². The van der Waals surface area contributed by atoms with E-state index in [9.17, 15) is 22.8 Å². The normalized spacial score (nSPS) is 12.5. The number of amides is 2. The van der Waals surface area contributed by atoms with Gasteiger partial charge >= 0.3 is 12.3 Å². The predicted octanol–water partition coefficient (Wildman–Crippen LogP) is 4.62. The standard InChI is InChI=1S/C16H13BrClF3N2O3S/c17-11-6-12(27-13(11)18)14(24)23-9(7-26-15(22)25)5-8-3-1-2-4-10(8)16(19,20)21/h1-4,6,9H,5,7H2,(H2,22,25)(H,23,24)/t9-/m0/s1. The summed E-state index contributed by atoms with van der Waals surface area (Å²) in [4.78, 5) is 23.5. The minimum atomic E-state index is -4.55. The molecular weight excluding hydrogens is 473 g/mol. The average molecular weight is 486 g/mol. The van der Waals surface area contributed by atoms with Gasteiger partial charge in [-0.25, -0.2) is 4.79 Å². The van der Waals surface area contributed by atoms with Gasteiger partial charge in [-0.05, 0) is 40.0 Å². The maximum Gasteiger partial charge on any atom is 0.416 e. The molecule has 2 aromatic rings. The molecule has 2 rings (SSSR count). The first-order valence-corrected chi connectivity index (χ1v) is 9.39. The van der Waals surface area contributed by atoms with Gasteiger partial charge in [-0.15, -0.1) is 11.3 Å². The molecule has 1 atom stereocenters. The summed E-state index contributed by atoms with van der Waals surface area (Å²) in [6.45, 7) is -0.381. The number of nitrogens with one attached hydrogen (secondary N) is 1. The number of alkyl halides is 3. The van der Waals surface area contributed by atoms with Crippen LogP contribution in [0.25, 0.3) is 0 Å². The molecule has 146 valence electrons. The Bertz CT molecular complexity index is 825. The van der Waals surface area contributed by atoms with Crippen molar-refractivity contribution in [1.82, 2.24) is 5.32 Å². The van der Waals surface area contributed by atoms with E-state index in [1.54, 1.807) is 0 Å². The zero-order valence-electron chi connectivity index (χ0n) is 13.5. The monoisotopic (exact) mass is 484 g/mol. The van der Waals surface area contributed by atoms with Gasteiger partial charge in [0.25, 0.3) is 5.91 Å². The van der Waals surface area contributed by atoms with Gasteiger partial charge in [0.1, 0.15) is 10.9 Å². The first kappa shape index (κ1) is 21.5. The Kier molecular flexibility index (Phi) is 7.12. The Balaban J connectivity index is 2.22. The zero-order chi connectivity index (χ0) is 20.2. The molecule has 0 saturated carbocycles. The Labute approximate surface area is 169 Å². The van der Waals surface area contributed by atoms with Crippen molar-refractivity contribution in [2.24, 2.45) is 5.73 Å². The first-order chi connectivity index (χ1) is 12.6. The second kappa shape index (κ2) is 8.94. The number of primary amides is 1. The Morgan fingerprint density at radius 1 is 1.33 bits per heavy atom. The summed E-state index contributed by atoms with van der Waals surface area (Å²) in [6.07, 6.45) is -5.86. The van der Waals surface area contributed by atoms with Crippen LogP contribution in [0.15, 0.2) is 34.8 Å². The number of carbonyl (C=O) groups is 2. The van der Waals surface area contributed by atoms with Crippen molar-refractivity contribution in [3.05, 3.63) is 55.1 Å². The average Bonchev–Trinajstić information content (AvgIpc) is 2.91. The first-order valence-electron chi connectivity index (χ1n) is 7.41. The molecule has 1 heterocycles. The van der Waals surface area contributed by atoms with Crippen molar-refractivity contribution in [3.63, 3.8) is 0 Å². The number of carbonyl (C=O) groups excluding carboxylic acids is 2. The Morgan fingerprint density at radius 2 is 2.00 bits per heavy atom. The van der Waals surface area contributed by atoms with E-state index in [-0.39, 0.29) is 23.5 Å². The van der Waals surface area contributed by atoms with Crippen LogP contribution in [0.5, 0.6) is 0 Å². The highest BCUT2D eigenvalue weighted by atomic mass is 79.9. The van der Waals surface area contributed by atoms with Crippen LogP contribution in [0.1, 0.15) is 20.8 Å². The lowest BCUT2D eigenvalue weighted by atomic mass is 10.00. The van der Waals surface area contributed by atoms with E-state index in [0.717, 1.165) is 17.4 Å². The molecule has 11 heteroatoms. The van der Waals surface area contributed by atoms with E-state index < -0.39 is 29.8 Å². The number of ether oxygens (including phenoxy) is 1. The van der Waals surface area contributed by atoms with Gasteiger partial charge in [-0.1, -0.05) is 29.8 Å². The van der Waals surface area contributed by atoms with E-state index in [4.69, 9.17) is 17.3 Å². The fourth-order valence-electron chi connectivity index (χ4n) is 2.29. The molecule has 3 N–H and O–H groups in total. The van der Waals surface area contributed by atoms with Gasteiger partial charge in [0.05, 0.1) is 16.5 Å². The van der Waals surface area contributed by atoms with Gasteiger partial charge in [0.15, 0.2) is 0 Å². The minimum absolute atomic E-state index is 0.0474. The number of nitrogens with two attached hydrogens (primary N) is 1. The summed E-state index contributed by atoms with van der Waals surface area (Å²) in [5.74, 6) is -0.560. The molecular formula is C16H13BrClF3N2O3S. The molecule has 1 aromatic carbocycles. The van der Waals surface area contributed by atoms with Crippen molar-refractivity contribution in [2.45, 2.75) is 18.6 Å². The van der Waals surface area contributed by atoms with Crippen molar-refractivity contribution in [2.75, 3.05) is 6.61 Å². The molecule has 0 aliphatic heterocycles. The molecule has 0 spiro atoms. The van der Waals surface area contributed by atoms with Gasteiger partial charge in [0, 0.05) is 4.47 Å². The second-order valence-corrected chi connectivity index (χ2v) is 7.90. The summed E-state index contributed by atoms with van der Waals surface area (Å²) in [6, 6.07) is 5.52. The van der Waals surface area contributed by atoms with Crippen LogP contribution in [-0.2, 0) is 17.3 Å². The van der Waals surface area contributed by atoms with E-state index >= 15 is 0 Å². The number of hydrogen-bond donors (Lipinski definition) is 2. The molecule has 0 unspecified atom stereocenters. The van der Waals surface area contributed by atoms with Crippen molar-refractivity contribution < 1.29 is 27.5 Å². The largest absolute Gasteiger partial charge is 0.448 e. The van der Waals surface area contributed by atoms with Gasteiger partial charge in [0.2, 0.25) is 0 Å². The van der Waals surface area contributed by atoms with Crippen molar-refractivity contribution in [1.29, 1.82) is 0 Å². The van der Waals surface area contributed by atoms with Crippen molar-refractivity contribution in [3.8, 4) is 0 Å². The second-order valence-electron chi connectivity index (χ2n) is 5.39. The number of halogens is 5. The van der Waals surface area contributed by atoms with Crippen molar-refractivity contribution >= 4 is 50.9 Å². The fraction of sp³-hybridized carbons (Fsp3) is 0.250. The maximum absolute atomic E-state index is 13.2. The summed E-state index contributed by atoms with van der Waals surface area (Å²) in [5, 5.41) is 2.55. The van der Waals surface area contributed by atoms with E-state index in [1.807, 2.05) is 0 Å². The molecule has 1 aromatic heterocycles. The summed E-state index contributed by atoms with van der Waals surface area (Å²) in [7, 11) is 0. The van der Waals surface area contributed by atoms with Gasteiger partial charge < -0.3 is 15.8 Å². The highest BCUT2D eigenvalue weighted by Gasteiger charge is 2.33. The molecule has 5 nitrogen and oxygen atoms in total. The molecule has 0 aliphatic carbocycles. The van der Waals surface area contributed by atoms with Crippen LogP contribution in [0.3, 0.4) is 0 Å². The van der Waals surface area contributed by atoms with E-state index in [0.29, 0.717) is 8.81 Å². The van der Waals surface area contributed by atoms with E-state index in [1.165, 1.54) is 24.3 Å². The lowest BCUT2D eigenvalue weighted by Crippen LogP contribution is -2.41. The predicted molar refractivity (Wildman–Crippen MR) is 99.0 cm³/mol. The number of benzene rings is 1. The van der Waals surface area contributed by atoms with Crippen LogP contribution >= 0.6 is 38.9 Å². The lowest BCUT2D eigenvalue weighted by Gasteiger charge is -2.20. The molecule has 0 radical (unpaired) electrons. The van der Waals surface area contributed by atoms with Crippen LogP contribution < -0.4 is 11.1 Å². The molecule has 27 heavy (non-hydrogen) atoms. The number of rotatable bonds is 6. The van der Waals surface area contributed by atoms with Gasteiger partial charge in [-0.3, -0.25) is 4.79 Å². The third-order valence-corrected chi connectivity index (χ3v) is 5.89. The van der Waals surface area contributed by atoms with Crippen LogP contribution in [0, 0.1) is 0 Å².